The van der Waals surface area contributed by atoms with E-state index >= 15 is 0 Å². The summed E-state index contributed by atoms with van der Waals surface area (Å²) in [5.41, 5.74) is -1.25. The summed E-state index contributed by atoms with van der Waals surface area (Å²) in [6, 6.07) is 0. The molecule has 110 valence electrons. The summed E-state index contributed by atoms with van der Waals surface area (Å²) in [4.78, 5) is 9.82. The Morgan fingerprint density at radius 1 is 0.944 bits per heavy atom. The molecule has 2 N–H and O–H groups in total. The lowest BCUT2D eigenvalue weighted by atomic mass is 10.1. The number of rotatable bonds is 10. The topological polar surface area (TPSA) is 57.5 Å². The normalized spacial score (nSPS) is 11.6. The summed E-state index contributed by atoms with van der Waals surface area (Å²) < 4.78 is 0. The van der Waals surface area contributed by atoms with E-state index in [2.05, 4.69) is 13.8 Å². The van der Waals surface area contributed by atoms with Crippen molar-refractivity contribution in [3.05, 3.63) is 0 Å². The van der Waals surface area contributed by atoms with Crippen LogP contribution in [0.15, 0.2) is 0 Å². The Hall–Kier alpha value is -0.220. The SMILES string of the molecule is CCCCCCCCCC.CCSC(O)C(=O)O. The standard InChI is InChI=1S/C10H22.C4H8O3S/c1-3-5-7-9-10-8-6-4-2;1-2-8-4(7)3(5)6/h3-10H2,1-2H3;4,7H,2H2,1H3,(H,5,6). The molecule has 0 aliphatic carbocycles. The molecule has 0 bridgehead atoms. The van der Waals surface area contributed by atoms with Crippen LogP contribution in [0.3, 0.4) is 0 Å². The van der Waals surface area contributed by atoms with Crippen molar-refractivity contribution < 1.29 is 15.0 Å². The summed E-state index contributed by atoms with van der Waals surface area (Å²) in [6.45, 7) is 6.33. The summed E-state index contributed by atoms with van der Waals surface area (Å²) in [7, 11) is 0. The molecule has 0 radical (unpaired) electrons. The van der Waals surface area contributed by atoms with Crippen molar-refractivity contribution in [3.8, 4) is 0 Å². The van der Waals surface area contributed by atoms with Gasteiger partial charge in [-0.1, -0.05) is 72.1 Å². The van der Waals surface area contributed by atoms with Crippen molar-refractivity contribution in [1.82, 2.24) is 0 Å². The second kappa shape index (κ2) is 16.8. The van der Waals surface area contributed by atoms with Crippen molar-refractivity contribution in [2.75, 3.05) is 5.75 Å². The van der Waals surface area contributed by atoms with Gasteiger partial charge in [0.15, 0.2) is 5.44 Å². The van der Waals surface area contributed by atoms with Gasteiger partial charge in [-0.15, -0.1) is 11.8 Å². The molecule has 1 unspecified atom stereocenters. The molecule has 1 atom stereocenters. The summed E-state index contributed by atoms with van der Waals surface area (Å²) in [5.74, 6) is -0.551. The third-order valence-electron chi connectivity index (χ3n) is 2.49. The van der Waals surface area contributed by atoms with E-state index < -0.39 is 11.4 Å². The Morgan fingerprint density at radius 2 is 1.33 bits per heavy atom. The van der Waals surface area contributed by atoms with Gasteiger partial charge < -0.3 is 10.2 Å². The quantitative estimate of drug-likeness (QED) is 0.462. The molecule has 0 aromatic rings. The molecule has 0 fully saturated rings. The van der Waals surface area contributed by atoms with Gasteiger partial charge in [0.1, 0.15) is 0 Å². The molecule has 3 nitrogen and oxygen atoms in total. The molecule has 0 saturated heterocycles. The van der Waals surface area contributed by atoms with E-state index in [4.69, 9.17) is 10.2 Å². The van der Waals surface area contributed by atoms with E-state index in [1.807, 2.05) is 0 Å². The molecule has 18 heavy (non-hydrogen) atoms. The molecule has 0 heterocycles. The average Bonchev–Trinajstić information content (AvgIpc) is 2.35. The van der Waals surface area contributed by atoms with Crippen molar-refractivity contribution >= 4 is 17.7 Å². The first-order valence-electron chi connectivity index (χ1n) is 7.12. The molecule has 0 saturated carbocycles. The van der Waals surface area contributed by atoms with Crippen molar-refractivity contribution in [1.29, 1.82) is 0 Å². The second-order valence-corrected chi connectivity index (χ2v) is 5.62. The largest absolute Gasteiger partial charge is 0.479 e. The predicted molar refractivity (Wildman–Crippen MR) is 80.1 cm³/mol. The molecule has 4 heteroatoms. The van der Waals surface area contributed by atoms with Gasteiger partial charge in [-0.25, -0.2) is 4.79 Å². The molecule has 0 amide bonds. The number of carboxylic acids is 1. The van der Waals surface area contributed by atoms with Crippen LogP contribution in [0, 0.1) is 0 Å². The summed E-state index contributed by atoms with van der Waals surface area (Å²) >= 11 is 0.995. The fraction of sp³-hybridized carbons (Fsp3) is 0.929. The Morgan fingerprint density at radius 3 is 1.56 bits per heavy atom. The number of aliphatic hydroxyl groups is 1. The number of hydrogen-bond donors (Lipinski definition) is 2. The van der Waals surface area contributed by atoms with E-state index in [0.717, 1.165) is 11.8 Å². The summed E-state index contributed by atoms with van der Waals surface area (Å²) in [5, 5.41) is 16.5. The Kier molecular flexibility index (Phi) is 18.7. The number of aliphatic hydroxyl groups excluding tert-OH is 1. The van der Waals surface area contributed by atoms with E-state index in [0.29, 0.717) is 5.75 Å². The van der Waals surface area contributed by atoms with Gasteiger partial charge in [0, 0.05) is 0 Å². The van der Waals surface area contributed by atoms with Crippen LogP contribution in [0.5, 0.6) is 0 Å². The highest BCUT2D eigenvalue weighted by Crippen LogP contribution is 2.07. The zero-order valence-electron chi connectivity index (χ0n) is 12.2. The van der Waals surface area contributed by atoms with Gasteiger partial charge in [0.05, 0.1) is 0 Å². The zero-order chi connectivity index (χ0) is 14.2. The number of unbranched alkanes of at least 4 members (excludes halogenated alkanes) is 7. The van der Waals surface area contributed by atoms with Crippen molar-refractivity contribution in [3.63, 3.8) is 0 Å². The smallest absolute Gasteiger partial charge is 0.343 e. The lowest BCUT2D eigenvalue weighted by Gasteiger charge is -1.99. The van der Waals surface area contributed by atoms with Crippen LogP contribution in [0.25, 0.3) is 0 Å². The fourth-order valence-electron chi connectivity index (χ4n) is 1.44. The number of carboxylic acid groups (broad SMARTS) is 1. The van der Waals surface area contributed by atoms with E-state index in [1.54, 1.807) is 6.92 Å². The van der Waals surface area contributed by atoms with Crippen LogP contribution in [0.2, 0.25) is 0 Å². The molecule has 0 aromatic heterocycles. The predicted octanol–water partition coefficient (Wildman–Crippen LogP) is 4.29. The molecular formula is C14H30O3S. The maximum atomic E-state index is 9.82. The zero-order valence-corrected chi connectivity index (χ0v) is 13.0. The number of thioether (sulfide) groups is 1. The molecule has 0 aromatic carbocycles. The van der Waals surface area contributed by atoms with E-state index in [1.165, 1.54) is 51.4 Å². The lowest BCUT2D eigenvalue weighted by Crippen LogP contribution is -2.14. The Balaban J connectivity index is 0. The highest BCUT2D eigenvalue weighted by atomic mass is 32.2. The maximum Gasteiger partial charge on any atom is 0.343 e. The van der Waals surface area contributed by atoms with Crippen LogP contribution in [-0.2, 0) is 4.79 Å². The highest BCUT2D eigenvalue weighted by Gasteiger charge is 2.10. The van der Waals surface area contributed by atoms with Crippen LogP contribution in [0.1, 0.15) is 72.1 Å². The number of carbonyl (C=O) groups is 1. The third kappa shape index (κ3) is 18.2. The average molecular weight is 278 g/mol. The molecule has 0 spiro atoms. The van der Waals surface area contributed by atoms with Gasteiger partial charge in [0.2, 0.25) is 0 Å². The molecule has 0 rings (SSSR count). The van der Waals surface area contributed by atoms with Crippen LogP contribution >= 0.6 is 11.8 Å². The van der Waals surface area contributed by atoms with Gasteiger partial charge in [-0.05, 0) is 5.75 Å². The minimum atomic E-state index is -1.25. The van der Waals surface area contributed by atoms with E-state index in [9.17, 15) is 4.79 Å². The minimum absolute atomic E-state index is 0.619. The van der Waals surface area contributed by atoms with Crippen molar-refractivity contribution in [2.45, 2.75) is 77.6 Å². The van der Waals surface area contributed by atoms with Gasteiger partial charge in [-0.3, -0.25) is 0 Å². The Bertz CT molecular complexity index is 166. The van der Waals surface area contributed by atoms with Crippen LogP contribution in [0.4, 0.5) is 0 Å². The monoisotopic (exact) mass is 278 g/mol. The van der Waals surface area contributed by atoms with E-state index in [-0.39, 0.29) is 0 Å². The third-order valence-corrected chi connectivity index (χ3v) is 3.34. The molecule has 0 aliphatic heterocycles. The summed E-state index contributed by atoms with van der Waals surface area (Å²) in [6.07, 6.45) is 11.5. The number of hydrogen-bond acceptors (Lipinski definition) is 3. The number of aliphatic carboxylic acids is 1. The van der Waals surface area contributed by atoms with Crippen molar-refractivity contribution in [2.24, 2.45) is 0 Å². The van der Waals surface area contributed by atoms with Gasteiger partial charge >= 0.3 is 5.97 Å². The maximum absolute atomic E-state index is 9.82. The van der Waals surface area contributed by atoms with Crippen LogP contribution in [-0.4, -0.2) is 27.4 Å². The first-order chi connectivity index (χ1) is 8.59. The van der Waals surface area contributed by atoms with Gasteiger partial charge in [-0.2, -0.15) is 0 Å². The lowest BCUT2D eigenvalue weighted by molar-refractivity contribution is -0.141. The fourth-order valence-corrected chi connectivity index (χ4v) is 1.89. The first-order valence-corrected chi connectivity index (χ1v) is 8.17. The molecule has 0 aliphatic rings. The van der Waals surface area contributed by atoms with Crippen LogP contribution < -0.4 is 0 Å². The molecular weight excluding hydrogens is 248 g/mol. The Labute approximate surface area is 116 Å². The second-order valence-electron chi connectivity index (χ2n) is 4.27. The minimum Gasteiger partial charge on any atom is -0.479 e. The highest BCUT2D eigenvalue weighted by molar-refractivity contribution is 8.00. The first kappa shape index (κ1) is 20.1. The van der Waals surface area contributed by atoms with Gasteiger partial charge in [0.25, 0.3) is 0 Å².